The molecule has 0 saturated carbocycles. The molecular formula is C7H7NOS. The first-order valence-electron chi connectivity index (χ1n) is 3.12. The molecule has 0 fully saturated rings. The maximum atomic E-state index is 9.31. The smallest absolute Gasteiger partial charge is 0.115 e. The summed E-state index contributed by atoms with van der Waals surface area (Å²) in [5.41, 5.74) is 0.840. The Balaban J connectivity index is 2.39. The fourth-order valence-corrected chi connectivity index (χ4v) is 1.89. The van der Waals surface area contributed by atoms with E-state index in [1.54, 1.807) is 17.8 Å². The molecule has 1 aliphatic carbocycles. The molecule has 1 heterocycles. The Kier molecular flexibility index (Phi) is 1.39. The van der Waals surface area contributed by atoms with Gasteiger partial charge in [0.05, 0.1) is 11.6 Å². The number of aliphatic hydroxyl groups excluding tert-OH is 1. The average Bonchev–Trinajstić information content (AvgIpc) is 2.36. The minimum atomic E-state index is -0.463. The van der Waals surface area contributed by atoms with Crippen LogP contribution in [0.25, 0.3) is 0 Å². The summed E-state index contributed by atoms with van der Waals surface area (Å²) in [6.07, 6.45) is 5.14. The summed E-state index contributed by atoms with van der Waals surface area (Å²) in [4.78, 5) is 5.27. The first-order chi connectivity index (χ1) is 4.88. The van der Waals surface area contributed by atoms with E-state index in [0.717, 1.165) is 16.5 Å². The summed E-state index contributed by atoms with van der Waals surface area (Å²) in [7, 11) is 0. The van der Waals surface area contributed by atoms with Crippen LogP contribution in [0.3, 0.4) is 0 Å². The summed E-state index contributed by atoms with van der Waals surface area (Å²) in [6, 6.07) is 0. The molecule has 2 nitrogen and oxygen atoms in total. The second kappa shape index (κ2) is 2.25. The maximum absolute atomic E-state index is 9.31. The highest BCUT2D eigenvalue weighted by Gasteiger charge is 2.21. The summed E-state index contributed by atoms with van der Waals surface area (Å²) in [6.45, 7) is 0. The van der Waals surface area contributed by atoms with Crippen LogP contribution >= 0.6 is 11.8 Å². The van der Waals surface area contributed by atoms with E-state index in [1.807, 2.05) is 12.2 Å². The lowest BCUT2D eigenvalue weighted by molar-refractivity contribution is 0.289. The Hall–Kier alpha value is -0.540. The average molecular weight is 153 g/mol. The van der Waals surface area contributed by atoms with Crippen LogP contribution in [-0.4, -0.2) is 22.8 Å². The number of fused-ring (bicyclic) bond motifs is 1. The van der Waals surface area contributed by atoms with Crippen LogP contribution in [0, 0.1) is 0 Å². The van der Waals surface area contributed by atoms with Gasteiger partial charge in [-0.15, -0.1) is 11.8 Å². The third-order valence-corrected chi connectivity index (χ3v) is 2.44. The van der Waals surface area contributed by atoms with Crippen LogP contribution in [-0.2, 0) is 0 Å². The van der Waals surface area contributed by atoms with Gasteiger partial charge in [-0.25, -0.2) is 0 Å². The minimum Gasteiger partial charge on any atom is -0.383 e. The molecule has 1 N–H and O–H groups in total. The van der Waals surface area contributed by atoms with Gasteiger partial charge in [0.15, 0.2) is 0 Å². The number of allylic oxidation sites excluding steroid dienone is 2. The summed E-state index contributed by atoms with van der Waals surface area (Å²) < 4.78 is 0. The summed E-state index contributed by atoms with van der Waals surface area (Å²) in [5.74, 6) is 0.764. The van der Waals surface area contributed by atoms with E-state index in [-0.39, 0.29) is 0 Å². The van der Waals surface area contributed by atoms with E-state index in [1.165, 1.54) is 0 Å². The molecule has 0 aromatic carbocycles. The van der Waals surface area contributed by atoms with Gasteiger partial charge >= 0.3 is 0 Å². The molecule has 52 valence electrons. The van der Waals surface area contributed by atoms with Crippen molar-refractivity contribution in [1.29, 1.82) is 0 Å². The normalized spacial score (nSPS) is 29.5. The number of aliphatic imine (C=N–C) groups is 1. The van der Waals surface area contributed by atoms with E-state index in [0.29, 0.717) is 0 Å². The van der Waals surface area contributed by atoms with Gasteiger partial charge < -0.3 is 5.11 Å². The molecule has 0 radical (unpaired) electrons. The van der Waals surface area contributed by atoms with E-state index < -0.39 is 6.10 Å². The highest BCUT2D eigenvalue weighted by atomic mass is 32.2. The largest absolute Gasteiger partial charge is 0.383 e. The number of nitrogens with zero attached hydrogens (tertiary/aromatic N) is 1. The van der Waals surface area contributed by atoms with Gasteiger partial charge in [0, 0.05) is 4.91 Å². The Morgan fingerprint density at radius 2 is 2.60 bits per heavy atom. The summed E-state index contributed by atoms with van der Waals surface area (Å²) in [5, 5.41) is 9.31. The molecule has 1 aliphatic heterocycles. The zero-order valence-corrected chi connectivity index (χ0v) is 6.14. The quantitative estimate of drug-likeness (QED) is 0.562. The third-order valence-electron chi connectivity index (χ3n) is 1.53. The highest BCUT2D eigenvalue weighted by Crippen LogP contribution is 2.28. The van der Waals surface area contributed by atoms with Gasteiger partial charge in [0.1, 0.15) is 6.10 Å². The number of aliphatic hydroxyl groups is 1. The lowest BCUT2D eigenvalue weighted by Crippen LogP contribution is -2.18. The van der Waals surface area contributed by atoms with Crippen LogP contribution in [0.5, 0.6) is 0 Å². The molecule has 1 atom stereocenters. The molecule has 0 aromatic heterocycles. The van der Waals surface area contributed by atoms with Gasteiger partial charge in [-0.2, -0.15) is 0 Å². The van der Waals surface area contributed by atoms with Crippen LogP contribution in [0.2, 0.25) is 0 Å². The minimum absolute atomic E-state index is 0.463. The molecule has 3 heteroatoms. The molecule has 0 spiro atoms. The Morgan fingerprint density at radius 1 is 1.70 bits per heavy atom. The standard InChI is InChI=1S/C7H7NOS/c9-5-2-1-3-6-7(5)8-4-10-6/h1-3,5,9H,4H2. The Labute approximate surface area is 63.4 Å². The van der Waals surface area contributed by atoms with Crippen molar-refractivity contribution in [3.05, 3.63) is 23.1 Å². The van der Waals surface area contributed by atoms with Gasteiger partial charge in [0.25, 0.3) is 0 Å². The lowest BCUT2D eigenvalue weighted by Gasteiger charge is -2.09. The lowest BCUT2D eigenvalue weighted by atomic mass is 10.1. The van der Waals surface area contributed by atoms with Crippen molar-refractivity contribution in [3.63, 3.8) is 0 Å². The highest BCUT2D eigenvalue weighted by molar-refractivity contribution is 8.04. The number of hydrogen-bond acceptors (Lipinski definition) is 3. The molecule has 1 unspecified atom stereocenters. The van der Waals surface area contributed by atoms with Gasteiger partial charge in [-0.3, -0.25) is 4.99 Å². The van der Waals surface area contributed by atoms with E-state index in [4.69, 9.17) is 0 Å². The first kappa shape index (κ1) is 6.19. The zero-order chi connectivity index (χ0) is 6.97. The van der Waals surface area contributed by atoms with Crippen molar-refractivity contribution in [2.24, 2.45) is 4.99 Å². The second-order valence-electron chi connectivity index (χ2n) is 2.18. The fourth-order valence-electron chi connectivity index (χ4n) is 1.04. The van der Waals surface area contributed by atoms with Crippen molar-refractivity contribution in [1.82, 2.24) is 0 Å². The molecule has 0 saturated heterocycles. The molecule has 0 bridgehead atoms. The van der Waals surface area contributed by atoms with Crippen LogP contribution < -0.4 is 0 Å². The molecule has 0 amide bonds. The van der Waals surface area contributed by atoms with E-state index in [2.05, 4.69) is 4.99 Å². The molecule has 2 rings (SSSR count). The SMILES string of the molecule is OC1C=CC=C2SCN=C21. The van der Waals surface area contributed by atoms with Gasteiger partial charge in [-0.1, -0.05) is 12.2 Å². The number of hydrogen-bond donors (Lipinski definition) is 1. The second-order valence-corrected chi connectivity index (χ2v) is 3.16. The van der Waals surface area contributed by atoms with Crippen LogP contribution in [0.1, 0.15) is 0 Å². The number of rotatable bonds is 0. The van der Waals surface area contributed by atoms with E-state index in [9.17, 15) is 5.11 Å². The van der Waals surface area contributed by atoms with Crippen molar-refractivity contribution in [3.8, 4) is 0 Å². The molecule has 2 aliphatic rings. The fraction of sp³-hybridized carbons (Fsp3) is 0.286. The van der Waals surface area contributed by atoms with Gasteiger partial charge in [-0.05, 0) is 6.08 Å². The molecule has 0 aromatic rings. The van der Waals surface area contributed by atoms with Crippen LogP contribution in [0.4, 0.5) is 0 Å². The topological polar surface area (TPSA) is 32.6 Å². The monoisotopic (exact) mass is 153 g/mol. The van der Waals surface area contributed by atoms with E-state index >= 15 is 0 Å². The summed E-state index contributed by atoms with van der Waals surface area (Å²) >= 11 is 1.68. The Morgan fingerprint density at radius 3 is 3.40 bits per heavy atom. The number of thioether (sulfide) groups is 1. The zero-order valence-electron chi connectivity index (χ0n) is 5.32. The molecule has 10 heavy (non-hydrogen) atoms. The van der Waals surface area contributed by atoms with Crippen molar-refractivity contribution >= 4 is 17.5 Å². The molecular weight excluding hydrogens is 146 g/mol. The van der Waals surface area contributed by atoms with Crippen molar-refractivity contribution < 1.29 is 5.11 Å². The van der Waals surface area contributed by atoms with Crippen LogP contribution in [0.15, 0.2) is 28.1 Å². The van der Waals surface area contributed by atoms with Crippen molar-refractivity contribution in [2.45, 2.75) is 6.10 Å². The Bertz CT molecular complexity index is 242. The van der Waals surface area contributed by atoms with Crippen molar-refractivity contribution in [2.75, 3.05) is 5.88 Å². The third kappa shape index (κ3) is 0.822. The predicted octanol–water partition coefficient (Wildman–Crippen LogP) is 0.946. The maximum Gasteiger partial charge on any atom is 0.115 e. The predicted molar refractivity (Wildman–Crippen MR) is 43.1 cm³/mol. The first-order valence-corrected chi connectivity index (χ1v) is 4.10. The van der Waals surface area contributed by atoms with Gasteiger partial charge in [0.2, 0.25) is 0 Å².